The molecule has 94 valence electrons. The summed E-state index contributed by atoms with van der Waals surface area (Å²) >= 11 is 0. The molecule has 0 saturated carbocycles. The van der Waals surface area contributed by atoms with E-state index in [1.807, 2.05) is 13.0 Å². The molecule has 3 rings (SSSR count). The monoisotopic (exact) mass is 243 g/mol. The van der Waals surface area contributed by atoms with Crippen molar-refractivity contribution in [2.75, 3.05) is 11.9 Å². The van der Waals surface area contributed by atoms with E-state index in [2.05, 4.69) is 34.0 Å². The summed E-state index contributed by atoms with van der Waals surface area (Å²) in [4.78, 5) is 0. The van der Waals surface area contributed by atoms with E-state index in [-0.39, 0.29) is 0 Å². The standard InChI is InChI=1S/C14H17N3O/c1-10-6-13(18-17-10)9-15-8-11-2-3-14-12(7-11)4-5-16-14/h2-3,6-7,15-16H,4-5,8-9H2,1H3. The number of hydrogen-bond donors (Lipinski definition) is 2. The molecule has 0 unspecified atom stereocenters. The van der Waals surface area contributed by atoms with Gasteiger partial charge in [-0.05, 0) is 30.5 Å². The smallest absolute Gasteiger partial charge is 0.150 e. The van der Waals surface area contributed by atoms with Crippen molar-refractivity contribution in [3.05, 3.63) is 46.8 Å². The van der Waals surface area contributed by atoms with Crippen LogP contribution in [0.25, 0.3) is 0 Å². The van der Waals surface area contributed by atoms with Gasteiger partial charge < -0.3 is 15.2 Å². The zero-order valence-corrected chi connectivity index (χ0v) is 10.5. The lowest BCUT2D eigenvalue weighted by Crippen LogP contribution is -2.12. The van der Waals surface area contributed by atoms with Gasteiger partial charge in [0.2, 0.25) is 0 Å². The Balaban J connectivity index is 1.57. The highest BCUT2D eigenvalue weighted by Gasteiger charge is 2.09. The van der Waals surface area contributed by atoms with Crippen LogP contribution < -0.4 is 10.6 Å². The predicted octanol–water partition coefficient (Wildman–Crippen LogP) is 2.24. The lowest BCUT2D eigenvalue weighted by molar-refractivity contribution is 0.369. The van der Waals surface area contributed by atoms with Crippen LogP contribution in [0.15, 0.2) is 28.8 Å². The Hall–Kier alpha value is -1.81. The molecule has 1 aliphatic rings. The van der Waals surface area contributed by atoms with Crippen LogP contribution in [0.1, 0.15) is 22.6 Å². The molecular weight excluding hydrogens is 226 g/mol. The summed E-state index contributed by atoms with van der Waals surface area (Å²) in [6.45, 7) is 4.56. The van der Waals surface area contributed by atoms with Gasteiger partial charge in [-0.1, -0.05) is 17.3 Å². The molecule has 0 saturated heterocycles. The predicted molar refractivity (Wildman–Crippen MR) is 70.4 cm³/mol. The zero-order chi connectivity index (χ0) is 12.4. The third-order valence-electron chi connectivity index (χ3n) is 3.18. The number of anilines is 1. The molecule has 1 aromatic carbocycles. The molecule has 1 aliphatic heterocycles. The normalized spacial score (nSPS) is 13.4. The van der Waals surface area contributed by atoms with E-state index in [1.54, 1.807) is 0 Å². The number of nitrogens with zero attached hydrogens (tertiary/aromatic N) is 1. The summed E-state index contributed by atoms with van der Waals surface area (Å²) in [5.41, 5.74) is 4.94. The average molecular weight is 243 g/mol. The summed E-state index contributed by atoms with van der Waals surface area (Å²) in [7, 11) is 0. The van der Waals surface area contributed by atoms with Gasteiger partial charge in [0, 0.05) is 24.8 Å². The molecule has 2 aromatic rings. The van der Waals surface area contributed by atoms with Crippen molar-refractivity contribution in [1.29, 1.82) is 0 Å². The maximum Gasteiger partial charge on any atom is 0.150 e. The molecule has 0 aliphatic carbocycles. The first-order chi connectivity index (χ1) is 8.81. The van der Waals surface area contributed by atoms with Gasteiger partial charge in [-0.2, -0.15) is 0 Å². The van der Waals surface area contributed by atoms with Crippen molar-refractivity contribution in [3.63, 3.8) is 0 Å². The number of aryl methyl sites for hydroxylation is 1. The fourth-order valence-corrected chi connectivity index (χ4v) is 2.30. The van der Waals surface area contributed by atoms with Crippen LogP contribution in [-0.2, 0) is 19.5 Å². The third-order valence-corrected chi connectivity index (χ3v) is 3.18. The van der Waals surface area contributed by atoms with Crippen LogP contribution in [0, 0.1) is 6.92 Å². The van der Waals surface area contributed by atoms with Crippen molar-refractivity contribution in [2.45, 2.75) is 26.4 Å². The van der Waals surface area contributed by atoms with Crippen LogP contribution in [0.3, 0.4) is 0 Å². The Morgan fingerprint density at radius 3 is 3.11 bits per heavy atom. The van der Waals surface area contributed by atoms with E-state index in [0.717, 1.165) is 37.5 Å². The van der Waals surface area contributed by atoms with E-state index < -0.39 is 0 Å². The lowest BCUT2D eigenvalue weighted by Gasteiger charge is -2.05. The van der Waals surface area contributed by atoms with Gasteiger partial charge in [0.05, 0.1) is 12.2 Å². The molecular formula is C14H17N3O. The fourth-order valence-electron chi connectivity index (χ4n) is 2.30. The molecule has 4 heteroatoms. The maximum absolute atomic E-state index is 5.15. The molecule has 1 aromatic heterocycles. The highest BCUT2D eigenvalue weighted by molar-refractivity contribution is 5.56. The molecule has 4 nitrogen and oxygen atoms in total. The van der Waals surface area contributed by atoms with Crippen LogP contribution in [0.2, 0.25) is 0 Å². The quantitative estimate of drug-likeness (QED) is 0.864. The highest BCUT2D eigenvalue weighted by Crippen LogP contribution is 2.22. The topological polar surface area (TPSA) is 50.1 Å². The number of fused-ring (bicyclic) bond motifs is 1. The minimum atomic E-state index is 0.718. The highest BCUT2D eigenvalue weighted by atomic mass is 16.5. The Labute approximate surface area is 106 Å². The van der Waals surface area contributed by atoms with Gasteiger partial charge in [0.1, 0.15) is 0 Å². The Kier molecular flexibility index (Phi) is 3.02. The summed E-state index contributed by atoms with van der Waals surface area (Å²) < 4.78 is 5.15. The molecule has 0 radical (unpaired) electrons. The molecule has 0 bridgehead atoms. The first kappa shape index (κ1) is 11.3. The summed E-state index contributed by atoms with van der Waals surface area (Å²) in [6, 6.07) is 8.56. The molecule has 2 heterocycles. The van der Waals surface area contributed by atoms with Crippen LogP contribution in [0.5, 0.6) is 0 Å². The zero-order valence-electron chi connectivity index (χ0n) is 10.5. The van der Waals surface area contributed by atoms with E-state index in [9.17, 15) is 0 Å². The molecule has 0 spiro atoms. The summed E-state index contributed by atoms with van der Waals surface area (Å²) in [6.07, 6.45) is 1.13. The van der Waals surface area contributed by atoms with Gasteiger partial charge in [0.25, 0.3) is 0 Å². The summed E-state index contributed by atoms with van der Waals surface area (Å²) in [5.74, 6) is 0.885. The number of hydrogen-bond acceptors (Lipinski definition) is 4. The fraction of sp³-hybridized carbons (Fsp3) is 0.357. The van der Waals surface area contributed by atoms with Gasteiger partial charge in [-0.15, -0.1) is 0 Å². The van der Waals surface area contributed by atoms with Crippen LogP contribution >= 0.6 is 0 Å². The minimum absolute atomic E-state index is 0.718. The lowest BCUT2D eigenvalue weighted by atomic mass is 10.1. The third kappa shape index (κ3) is 2.38. The molecule has 18 heavy (non-hydrogen) atoms. The van der Waals surface area contributed by atoms with Crippen molar-refractivity contribution in [3.8, 4) is 0 Å². The summed E-state index contributed by atoms with van der Waals surface area (Å²) in [5, 5.41) is 10.6. The van der Waals surface area contributed by atoms with Crippen LogP contribution in [-0.4, -0.2) is 11.7 Å². The number of benzene rings is 1. The maximum atomic E-state index is 5.15. The van der Waals surface area contributed by atoms with Gasteiger partial charge in [0.15, 0.2) is 5.76 Å². The molecule has 0 amide bonds. The second-order valence-electron chi connectivity index (χ2n) is 4.71. The van der Waals surface area contributed by atoms with E-state index in [4.69, 9.17) is 4.52 Å². The number of rotatable bonds is 4. The van der Waals surface area contributed by atoms with Gasteiger partial charge in [-0.3, -0.25) is 0 Å². The van der Waals surface area contributed by atoms with E-state index >= 15 is 0 Å². The van der Waals surface area contributed by atoms with Crippen molar-refractivity contribution in [2.24, 2.45) is 0 Å². The molecule has 0 atom stereocenters. The van der Waals surface area contributed by atoms with Crippen molar-refractivity contribution < 1.29 is 4.52 Å². The average Bonchev–Trinajstić information content (AvgIpc) is 2.97. The van der Waals surface area contributed by atoms with Gasteiger partial charge in [-0.25, -0.2) is 0 Å². The second kappa shape index (κ2) is 4.82. The van der Waals surface area contributed by atoms with Crippen molar-refractivity contribution in [1.82, 2.24) is 10.5 Å². The molecule has 0 fully saturated rings. The number of nitrogens with one attached hydrogen (secondary N) is 2. The number of aromatic nitrogens is 1. The van der Waals surface area contributed by atoms with Gasteiger partial charge >= 0.3 is 0 Å². The second-order valence-corrected chi connectivity index (χ2v) is 4.71. The SMILES string of the molecule is Cc1cc(CNCc2ccc3c(c2)CCN3)on1. The molecule has 2 N–H and O–H groups in total. The Morgan fingerprint density at radius 1 is 1.33 bits per heavy atom. The first-order valence-corrected chi connectivity index (χ1v) is 6.30. The van der Waals surface area contributed by atoms with Crippen LogP contribution in [0.4, 0.5) is 5.69 Å². The largest absolute Gasteiger partial charge is 0.384 e. The van der Waals surface area contributed by atoms with E-state index in [1.165, 1.54) is 16.8 Å². The first-order valence-electron chi connectivity index (χ1n) is 6.30. The van der Waals surface area contributed by atoms with E-state index in [0.29, 0.717) is 0 Å². The Bertz CT molecular complexity index is 548. The van der Waals surface area contributed by atoms with Crippen molar-refractivity contribution >= 4 is 5.69 Å². The minimum Gasteiger partial charge on any atom is -0.384 e. The Morgan fingerprint density at radius 2 is 2.28 bits per heavy atom.